The van der Waals surface area contributed by atoms with Gasteiger partial charge in [0.15, 0.2) is 0 Å². The summed E-state index contributed by atoms with van der Waals surface area (Å²) in [6.45, 7) is 1.51. The van der Waals surface area contributed by atoms with Crippen molar-refractivity contribution in [3.05, 3.63) is 35.9 Å². The molecule has 104 valence electrons. The van der Waals surface area contributed by atoms with Gasteiger partial charge in [-0.15, -0.1) is 0 Å². The topological polar surface area (TPSA) is 75.6 Å². The van der Waals surface area contributed by atoms with Crippen molar-refractivity contribution in [2.75, 3.05) is 7.11 Å². The van der Waals surface area contributed by atoms with Gasteiger partial charge in [-0.1, -0.05) is 30.3 Å². The number of aliphatic hydroxyl groups is 1. The molecule has 0 aromatic heterocycles. The lowest BCUT2D eigenvalue weighted by Gasteiger charge is -2.15. The second-order valence-electron chi connectivity index (χ2n) is 4.29. The number of hydrogen-bond donors (Lipinski definition) is 2. The third-order valence-electron chi connectivity index (χ3n) is 2.77. The second kappa shape index (κ2) is 7.53. The van der Waals surface area contributed by atoms with Crippen molar-refractivity contribution in [2.45, 2.75) is 31.9 Å². The maximum absolute atomic E-state index is 11.6. The number of esters is 1. The van der Waals surface area contributed by atoms with Gasteiger partial charge in [0, 0.05) is 0 Å². The molecule has 0 heterocycles. The van der Waals surface area contributed by atoms with Crippen molar-refractivity contribution in [1.82, 2.24) is 5.32 Å². The van der Waals surface area contributed by atoms with Gasteiger partial charge in [-0.05, 0) is 25.3 Å². The van der Waals surface area contributed by atoms with Gasteiger partial charge >= 0.3 is 5.97 Å². The molecular formula is C14H19NO4. The highest BCUT2D eigenvalue weighted by molar-refractivity contribution is 5.86. The summed E-state index contributed by atoms with van der Waals surface area (Å²) in [5.74, 6) is -1.10. The van der Waals surface area contributed by atoms with E-state index in [1.165, 1.54) is 14.0 Å². The molecule has 1 aromatic rings. The number of benzene rings is 1. The van der Waals surface area contributed by atoms with E-state index in [0.29, 0.717) is 12.8 Å². The SMILES string of the molecule is COC(=O)[C@H](C)NC(=O)[C@H](O)CCc1ccccc1. The van der Waals surface area contributed by atoms with E-state index in [1.807, 2.05) is 30.3 Å². The van der Waals surface area contributed by atoms with E-state index in [-0.39, 0.29) is 0 Å². The van der Waals surface area contributed by atoms with Crippen LogP contribution >= 0.6 is 0 Å². The quantitative estimate of drug-likeness (QED) is 0.741. The van der Waals surface area contributed by atoms with Gasteiger partial charge in [-0.3, -0.25) is 4.79 Å². The summed E-state index contributed by atoms with van der Waals surface area (Å²) in [7, 11) is 1.25. The first kappa shape index (κ1) is 15.2. The van der Waals surface area contributed by atoms with E-state index in [9.17, 15) is 14.7 Å². The average molecular weight is 265 g/mol. The van der Waals surface area contributed by atoms with Gasteiger partial charge in [0.2, 0.25) is 5.91 Å². The normalized spacial score (nSPS) is 13.4. The molecule has 0 bridgehead atoms. The number of aliphatic hydroxyl groups excluding tert-OH is 1. The molecule has 0 fully saturated rings. The molecule has 5 heteroatoms. The van der Waals surface area contributed by atoms with Gasteiger partial charge in [0.05, 0.1) is 7.11 Å². The molecule has 0 aliphatic heterocycles. The summed E-state index contributed by atoms with van der Waals surface area (Å²) in [4.78, 5) is 22.8. The van der Waals surface area contributed by atoms with Crippen LogP contribution in [0.15, 0.2) is 30.3 Å². The van der Waals surface area contributed by atoms with E-state index in [1.54, 1.807) is 0 Å². The molecule has 19 heavy (non-hydrogen) atoms. The van der Waals surface area contributed by atoms with Crippen LogP contribution in [0.1, 0.15) is 18.9 Å². The van der Waals surface area contributed by atoms with E-state index < -0.39 is 24.0 Å². The van der Waals surface area contributed by atoms with E-state index >= 15 is 0 Å². The maximum Gasteiger partial charge on any atom is 0.328 e. The van der Waals surface area contributed by atoms with Crippen LogP contribution in [0, 0.1) is 0 Å². The fraction of sp³-hybridized carbons (Fsp3) is 0.429. The third kappa shape index (κ3) is 5.09. The molecule has 2 atom stereocenters. The molecule has 0 unspecified atom stereocenters. The molecule has 2 N–H and O–H groups in total. The molecule has 0 aliphatic rings. The minimum atomic E-state index is -1.13. The van der Waals surface area contributed by atoms with Crippen LogP contribution in [-0.2, 0) is 20.7 Å². The second-order valence-corrected chi connectivity index (χ2v) is 4.29. The van der Waals surface area contributed by atoms with Crippen LogP contribution in [0.25, 0.3) is 0 Å². The van der Waals surface area contributed by atoms with E-state index in [4.69, 9.17) is 0 Å². The predicted octanol–water partition coefficient (Wildman–Crippen LogP) is 0.658. The van der Waals surface area contributed by atoms with Crippen LogP contribution in [-0.4, -0.2) is 36.2 Å². The summed E-state index contributed by atoms with van der Waals surface area (Å²) < 4.78 is 4.49. The van der Waals surface area contributed by atoms with Gasteiger partial charge < -0.3 is 15.2 Å². The molecule has 0 aliphatic carbocycles. The number of amides is 1. The summed E-state index contributed by atoms with van der Waals surface area (Å²) in [5.41, 5.74) is 1.05. The Balaban J connectivity index is 2.39. The van der Waals surface area contributed by atoms with Crippen LogP contribution in [0.3, 0.4) is 0 Å². The van der Waals surface area contributed by atoms with Crippen molar-refractivity contribution in [3.63, 3.8) is 0 Å². The molecule has 5 nitrogen and oxygen atoms in total. The summed E-state index contributed by atoms with van der Waals surface area (Å²) in [6.07, 6.45) is -0.224. The first-order valence-corrected chi connectivity index (χ1v) is 6.14. The molecular weight excluding hydrogens is 246 g/mol. The fourth-order valence-electron chi connectivity index (χ4n) is 1.62. The number of carbonyl (C=O) groups excluding carboxylic acids is 2. The lowest BCUT2D eigenvalue weighted by Crippen LogP contribution is -2.44. The summed E-state index contributed by atoms with van der Waals surface area (Å²) >= 11 is 0. The molecule has 0 saturated carbocycles. The van der Waals surface area contributed by atoms with Gasteiger partial charge in [-0.2, -0.15) is 0 Å². The molecule has 0 radical (unpaired) electrons. The zero-order valence-corrected chi connectivity index (χ0v) is 11.1. The number of nitrogens with one attached hydrogen (secondary N) is 1. The lowest BCUT2D eigenvalue weighted by molar-refractivity contribution is -0.145. The molecule has 0 spiro atoms. The molecule has 1 rings (SSSR count). The van der Waals surface area contributed by atoms with E-state index in [0.717, 1.165) is 5.56 Å². The molecule has 1 aromatic carbocycles. The third-order valence-corrected chi connectivity index (χ3v) is 2.77. The Morgan fingerprint density at radius 3 is 2.53 bits per heavy atom. The highest BCUT2D eigenvalue weighted by atomic mass is 16.5. The smallest absolute Gasteiger partial charge is 0.328 e. The van der Waals surface area contributed by atoms with Crippen molar-refractivity contribution >= 4 is 11.9 Å². The molecule has 1 amide bonds. The van der Waals surface area contributed by atoms with Crippen molar-refractivity contribution < 1.29 is 19.4 Å². The minimum absolute atomic E-state index is 0.309. The standard InChI is InChI=1S/C14H19NO4/c1-10(14(18)19-2)15-13(17)12(16)9-8-11-6-4-3-5-7-11/h3-7,10,12,16H,8-9H2,1-2H3,(H,15,17)/t10-,12+/m0/s1. The Labute approximate surface area is 112 Å². The van der Waals surface area contributed by atoms with Crippen LogP contribution < -0.4 is 5.32 Å². The molecule has 0 saturated heterocycles. The number of carbonyl (C=O) groups is 2. The van der Waals surface area contributed by atoms with Gasteiger partial charge in [0.1, 0.15) is 12.1 Å². The number of hydrogen-bond acceptors (Lipinski definition) is 4. The zero-order valence-electron chi connectivity index (χ0n) is 11.1. The number of rotatable bonds is 6. The first-order chi connectivity index (χ1) is 9.04. The Morgan fingerprint density at radius 1 is 1.32 bits per heavy atom. The predicted molar refractivity (Wildman–Crippen MR) is 70.4 cm³/mol. The van der Waals surface area contributed by atoms with Crippen LogP contribution in [0.4, 0.5) is 0 Å². The van der Waals surface area contributed by atoms with Crippen LogP contribution in [0.5, 0.6) is 0 Å². The number of methoxy groups -OCH3 is 1. The maximum atomic E-state index is 11.6. The number of ether oxygens (including phenoxy) is 1. The summed E-state index contributed by atoms with van der Waals surface area (Å²) in [5, 5.41) is 12.1. The Bertz CT molecular complexity index is 419. The zero-order chi connectivity index (χ0) is 14.3. The van der Waals surface area contributed by atoms with Gasteiger partial charge in [-0.25, -0.2) is 4.79 Å². The highest BCUT2D eigenvalue weighted by Crippen LogP contribution is 2.05. The number of aryl methyl sites for hydroxylation is 1. The van der Waals surface area contributed by atoms with Crippen LogP contribution in [0.2, 0.25) is 0 Å². The monoisotopic (exact) mass is 265 g/mol. The van der Waals surface area contributed by atoms with Gasteiger partial charge in [0.25, 0.3) is 0 Å². The fourth-order valence-corrected chi connectivity index (χ4v) is 1.62. The van der Waals surface area contributed by atoms with E-state index in [2.05, 4.69) is 10.1 Å². The first-order valence-electron chi connectivity index (χ1n) is 6.14. The summed E-state index contributed by atoms with van der Waals surface area (Å²) in [6, 6.07) is 8.82. The van der Waals surface area contributed by atoms with Crippen molar-refractivity contribution in [1.29, 1.82) is 0 Å². The Kier molecular flexibility index (Phi) is 6.02. The average Bonchev–Trinajstić information content (AvgIpc) is 2.44. The minimum Gasteiger partial charge on any atom is -0.467 e. The lowest BCUT2D eigenvalue weighted by atomic mass is 10.1. The highest BCUT2D eigenvalue weighted by Gasteiger charge is 2.20. The largest absolute Gasteiger partial charge is 0.467 e. The van der Waals surface area contributed by atoms with Crippen molar-refractivity contribution in [3.8, 4) is 0 Å². The Morgan fingerprint density at radius 2 is 1.95 bits per heavy atom. The Hall–Kier alpha value is -1.88. The van der Waals surface area contributed by atoms with Crippen molar-refractivity contribution in [2.24, 2.45) is 0 Å².